The maximum absolute atomic E-state index is 11.2. The van der Waals surface area contributed by atoms with Gasteiger partial charge in [0.1, 0.15) is 13.2 Å². The molecule has 2 atom stereocenters. The Kier molecular flexibility index (Phi) is 12.6. The SMILES string of the molecule is CCC(=O)SCCO[P+](=O)OCCS[C@H](O)CC. The van der Waals surface area contributed by atoms with Crippen molar-refractivity contribution in [3.8, 4) is 0 Å². The minimum absolute atomic E-state index is 0.0969. The molecule has 0 amide bonds. The highest BCUT2D eigenvalue weighted by molar-refractivity contribution is 8.13. The van der Waals surface area contributed by atoms with Gasteiger partial charge in [-0.15, -0.1) is 20.8 Å². The molecule has 0 saturated carbocycles. The first-order valence-corrected chi connectivity index (χ1v) is 8.91. The third-order valence-corrected chi connectivity index (χ3v) is 4.66. The molecule has 0 radical (unpaired) electrons. The number of carbonyl (C=O) groups is 1. The number of hydrogen-bond acceptors (Lipinski definition) is 7. The number of aliphatic hydroxyl groups is 1. The van der Waals surface area contributed by atoms with E-state index >= 15 is 0 Å². The largest absolute Gasteiger partial charge is 0.697 e. The summed E-state index contributed by atoms with van der Waals surface area (Å²) < 4.78 is 21.1. The van der Waals surface area contributed by atoms with Crippen LogP contribution in [0.3, 0.4) is 0 Å². The third kappa shape index (κ3) is 11.4. The lowest BCUT2D eigenvalue weighted by molar-refractivity contribution is -0.110. The van der Waals surface area contributed by atoms with Crippen molar-refractivity contribution in [2.24, 2.45) is 0 Å². The fraction of sp³-hybridized carbons (Fsp3) is 0.900. The quantitative estimate of drug-likeness (QED) is 0.357. The second-order valence-electron chi connectivity index (χ2n) is 3.20. The fourth-order valence-electron chi connectivity index (χ4n) is 0.820. The van der Waals surface area contributed by atoms with Crippen molar-refractivity contribution in [1.82, 2.24) is 0 Å². The molecule has 0 fully saturated rings. The predicted molar refractivity (Wildman–Crippen MR) is 76.0 cm³/mol. The predicted octanol–water partition coefficient (Wildman–Crippen LogP) is 2.81. The van der Waals surface area contributed by atoms with Gasteiger partial charge < -0.3 is 5.11 Å². The molecule has 1 N–H and O–H groups in total. The highest BCUT2D eigenvalue weighted by atomic mass is 32.2. The molecule has 5 nitrogen and oxygen atoms in total. The van der Waals surface area contributed by atoms with E-state index in [1.54, 1.807) is 6.92 Å². The van der Waals surface area contributed by atoms with E-state index in [4.69, 9.17) is 9.05 Å². The lowest BCUT2D eigenvalue weighted by Gasteiger charge is -2.03. The molecule has 0 heterocycles. The van der Waals surface area contributed by atoms with Crippen LogP contribution in [0.2, 0.25) is 0 Å². The Balaban J connectivity index is 3.35. The van der Waals surface area contributed by atoms with Gasteiger partial charge in [-0.1, -0.05) is 25.6 Å². The van der Waals surface area contributed by atoms with Gasteiger partial charge in [0, 0.05) is 22.5 Å². The number of aliphatic hydroxyl groups excluding tert-OH is 1. The zero-order valence-corrected chi connectivity index (χ0v) is 13.2. The first kappa shape index (κ1) is 18.4. The Morgan fingerprint density at radius 2 is 1.89 bits per heavy atom. The molecule has 0 aliphatic heterocycles. The monoisotopic (exact) mass is 315 g/mol. The van der Waals surface area contributed by atoms with Gasteiger partial charge in [-0.3, -0.25) is 4.79 Å². The summed E-state index contributed by atoms with van der Waals surface area (Å²) in [7, 11) is -2.12. The Morgan fingerprint density at radius 3 is 2.44 bits per heavy atom. The highest BCUT2D eigenvalue weighted by Gasteiger charge is 2.19. The van der Waals surface area contributed by atoms with Crippen LogP contribution in [-0.4, -0.2) is 40.4 Å². The van der Waals surface area contributed by atoms with Crippen molar-refractivity contribution >= 4 is 36.9 Å². The number of hydrogen-bond donors (Lipinski definition) is 1. The third-order valence-electron chi connectivity index (χ3n) is 1.77. The summed E-state index contributed by atoms with van der Waals surface area (Å²) in [6.45, 7) is 4.19. The molecule has 18 heavy (non-hydrogen) atoms. The van der Waals surface area contributed by atoms with Crippen molar-refractivity contribution in [2.75, 3.05) is 24.7 Å². The van der Waals surface area contributed by atoms with E-state index in [-0.39, 0.29) is 18.3 Å². The summed E-state index contributed by atoms with van der Waals surface area (Å²) in [6, 6.07) is 0. The van der Waals surface area contributed by atoms with Crippen molar-refractivity contribution < 1.29 is 23.5 Å². The van der Waals surface area contributed by atoms with Crippen molar-refractivity contribution in [3.05, 3.63) is 0 Å². The minimum atomic E-state index is -2.12. The smallest absolute Gasteiger partial charge is 0.382 e. The van der Waals surface area contributed by atoms with E-state index in [9.17, 15) is 14.5 Å². The van der Waals surface area contributed by atoms with Gasteiger partial charge in [-0.2, -0.15) is 0 Å². The van der Waals surface area contributed by atoms with Crippen LogP contribution >= 0.6 is 31.8 Å². The molecular formula is C10H20O5PS2+. The lowest BCUT2D eigenvalue weighted by Crippen LogP contribution is -2.02. The van der Waals surface area contributed by atoms with Gasteiger partial charge in [0.15, 0.2) is 5.12 Å². The van der Waals surface area contributed by atoms with E-state index in [0.717, 1.165) is 0 Å². The van der Waals surface area contributed by atoms with E-state index in [1.165, 1.54) is 23.5 Å². The Morgan fingerprint density at radius 1 is 1.28 bits per heavy atom. The zero-order chi connectivity index (χ0) is 13.8. The molecule has 1 unspecified atom stereocenters. The molecule has 0 aliphatic rings. The van der Waals surface area contributed by atoms with E-state index < -0.39 is 13.7 Å². The topological polar surface area (TPSA) is 72.8 Å². The van der Waals surface area contributed by atoms with Gasteiger partial charge in [0.2, 0.25) is 0 Å². The van der Waals surface area contributed by atoms with Crippen LogP contribution < -0.4 is 0 Å². The zero-order valence-electron chi connectivity index (χ0n) is 10.7. The minimum Gasteiger partial charge on any atom is -0.382 e. The van der Waals surface area contributed by atoms with Crippen molar-refractivity contribution in [2.45, 2.75) is 32.1 Å². The van der Waals surface area contributed by atoms with E-state index in [2.05, 4.69) is 0 Å². The lowest BCUT2D eigenvalue weighted by atomic mass is 10.5. The second-order valence-corrected chi connectivity index (χ2v) is 6.60. The molecule has 106 valence electrons. The fourth-order valence-corrected chi connectivity index (χ4v) is 2.91. The average Bonchev–Trinajstić information content (AvgIpc) is 2.38. The molecule has 0 aromatic rings. The average molecular weight is 315 g/mol. The molecule has 0 aliphatic carbocycles. The summed E-state index contributed by atoms with van der Waals surface area (Å²) in [5.41, 5.74) is -0.399. The van der Waals surface area contributed by atoms with Crippen LogP contribution in [0.1, 0.15) is 26.7 Å². The highest BCUT2D eigenvalue weighted by Crippen LogP contribution is 2.24. The molecule has 0 rings (SSSR count). The van der Waals surface area contributed by atoms with Crippen molar-refractivity contribution in [1.29, 1.82) is 0 Å². The number of rotatable bonds is 11. The standard InChI is InChI=1S/C10H20O5PS2/c1-3-9(11)17-7-5-14-16(13)15-6-8-18-10(12)4-2/h9,11H,3-8H2,1-2H3/q+1/t9-/m0/s1. The summed E-state index contributed by atoms with van der Waals surface area (Å²) >= 11 is 2.52. The van der Waals surface area contributed by atoms with Crippen LogP contribution in [0.15, 0.2) is 0 Å². The number of thioether (sulfide) groups is 2. The van der Waals surface area contributed by atoms with Gasteiger partial charge in [0.05, 0.1) is 5.44 Å². The summed E-state index contributed by atoms with van der Waals surface area (Å²) in [4.78, 5) is 10.9. The van der Waals surface area contributed by atoms with E-state index in [1.807, 2.05) is 6.92 Å². The van der Waals surface area contributed by atoms with E-state index in [0.29, 0.717) is 24.3 Å². The van der Waals surface area contributed by atoms with Crippen LogP contribution in [0, 0.1) is 0 Å². The van der Waals surface area contributed by atoms with Gasteiger partial charge in [-0.25, -0.2) is 0 Å². The van der Waals surface area contributed by atoms with Gasteiger partial charge in [0.25, 0.3) is 0 Å². The van der Waals surface area contributed by atoms with Gasteiger partial charge in [-0.05, 0) is 6.42 Å². The molecule has 0 saturated heterocycles. The molecule has 0 bridgehead atoms. The Bertz CT molecular complexity index is 252. The van der Waals surface area contributed by atoms with Crippen LogP contribution in [0.4, 0.5) is 0 Å². The second kappa shape index (κ2) is 12.4. The van der Waals surface area contributed by atoms with Crippen LogP contribution in [0.25, 0.3) is 0 Å². The molecule has 0 aromatic heterocycles. The number of carbonyl (C=O) groups excluding carboxylic acids is 1. The summed E-state index contributed by atoms with van der Waals surface area (Å²) in [5.74, 6) is 1.06. The van der Waals surface area contributed by atoms with Gasteiger partial charge >= 0.3 is 8.25 Å². The Hall–Kier alpha value is 0.350. The maximum atomic E-state index is 11.2. The molecule has 8 heteroatoms. The van der Waals surface area contributed by atoms with Crippen molar-refractivity contribution in [3.63, 3.8) is 0 Å². The summed E-state index contributed by atoms with van der Waals surface area (Å²) in [6.07, 6.45) is 1.17. The molecular weight excluding hydrogens is 295 g/mol. The van der Waals surface area contributed by atoms with Crippen LogP contribution in [-0.2, 0) is 18.4 Å². The Labute approximate surface area is 117 Å². The maximum Gasteiger partial charge on any atom is 0.697 e. The normalized spacial score (nSPS) is 13.4. The molecule has 0 spiro atoms. The first-order chi connectivity index (χ1) is 8.60. The first-order valence-electron chi connectivity index (χ1n) is 5.78. The molecule has 0 aromatic carbocycles. The van der Waals surface area contributed by atoms with Crippen LogP contribution in [0.5, 0.6) is 0 Å². The summed E-state index contributed by atoms with van der Waals surface area (Å²) in [5, 5.41) is 9.34.